The Kier molecular flexibility index (Phi) is 12.0. The second-order valence-electron chi connectivity index (χ2n) is 5.72. The van der Waals surface area contributed by atoms with Crippen LogP contribution >= 0.6 is 24.0 Å². The van der Waals surface area contributed by atoms with Gasteiger partial charge in [-0.2, -0.15) is 0 Å². The summed E-state index contributed by atoms with van der Waals surface area (Å²) < 4.78 is 10.8. The van der Waals surface area contributed by atoms with Gasteiger partial charge in [-0.15, -0.1) is 12.4 Å². The molecule has 0 spiro atoms. The fourth-order valence-corrected chi connectivity index (χ4v) is 2.04. The highest BCUT2D eigenvalue weighted by atomic mass is 35.5. The SMILES string of the molecule is CCOCCOc1ccc(Cl)cc1NC(=O)CNC(=O)[C@@H](N)C(C)C.Cl. The summed E-state index contributed by atoms with van der Waals surface area (Å²) in [5.41, 5.74) is 6.16. The van der Waals surface area contributed by atoms with Gasteiger partial charge in [0, 0.05) is 11.6 Å². The molecule has 0 aromatic heterocycles. The summed E-state index contributed by atoms with van der Waals surface area (Å²) in [6, 6.07) is 4.25. The van der Waals surface area contributed by atoms with Crippen molar-refractivity contribution < 1.29 is 19.1 Å². The van der Waals surface area contributed by atoms with E-state index in [1.165, 1.54) is 0 Å². The number of nitrogens with one attached hydrogen (secondary N) is 2. The number of carbonyl (C=O) groups excluding carboxylic acids is 2. The highest BCUT2D eigenvalue weighted by Crippen LogP contribution is 2.28. The summed E-state index contributed by atoms with van der Waals surface area (Å²) in [4.78, 5) is 23.8. The van der Waals surface area contributed by atoms with Crippen molar-refractivity contribution in [2.45, 2.75) is 26.8 Å². The normalized spacial score (nSPS) is 11.5. The monoisotopic (exact) mass is 407 g/mol. The van der Waals surface area contributed by atoms with E-state index in [2.05, 4.69) is 10.6 Å². The maximum absolute atomic E-state index is 12.1. The van der Waals surface area contributed by atoms with Crippen LogP contribution in [0.2, 0.25) is 5.02 Å². The minimum Gasteiger partial charge on any atom is -0.489 e. The zero-order chi connectivity index (χ0) is 18.8. The maximum Gasteiger partial charge on any atom is 0.243 e. The Balaban J connectivity index is 0.00000625. The summed E-state index contributed by atoms with van der Waals surface area (Å²) in [7, 11) is 0. The number of hydrogen-bond acceptors (Lipinski definition) is 5. The second-order valence-corrected chi connectivity index (χ2v) is 6.16. The summed E-state index contributed by atoms with van der Waals surface area (Å²) >= 11 is 5.97. The first kappa shape index (κ1) is 24.5. The molecule has 0 fully saturated rings. The molecule has 0 bridgehead atoms. The van der Waals surface area contributed by atoms with Crippen LogP contribution in [0.4, 0.5) is 5.69 Å². The first-order valence-corrected chi connectivity index (χ1v) is 8.56. The Morgan fingerprint density at radius 3 is 2.58 bits per heavy atom. The lowest BCUT2D eigenvalue weighted by molar-refractivity contribution is -0.125. The molecule has 0 unspecified atom stereocenters. The van der Waals surface area contributed by atoms with Gasteiger partial charge in [-0.25, -0.2) is 0 Å². The number of ether oxygens (including phenoxy) is 2. The molecule has 4 N–H and O–H groups in total. The molecule has 9 heteroatoms. The minimum absolute atomic E-state index is 0. The number of amides is 2. The lowest BCUT2D eigenvalue weighted by Gasteiger charge is -2.16. The van der Waals surface area contributed by atoms with Crippen LogP contribution in [-0.2, 0) is 14.3 Å². The molecule has 0 aliphatic heterocycles. The lowest BCUT2D eigenvalue weighted by Crippen LogP contribution is -2.46. The average molecular weight is 408 g/mol. The summed E-state index contributed by atoms with van der Waals surface area (Å²) in [6.07, 6.45) is 0. The van der Waals surface area contributed by atoms with Gasteiger partial charge in [0.15, 0.2) is 0 Å². The first-order valence-electron chi connectivity index (χ1n) is 8.18. The Morgan fingerprint density at radius 2 is 1.96 bits per heavy atom. The number of benzene rings is 1. The molecule has 26 heavy (non-hydrogen) atoms. The van der Waals surface area contributed by atoms with Gasteiger partial charge in [0.25, 0.3) is 0 Å². The molecule has 7 nitrogen and oxygen atoms in total. The number of halogens is 2. The number of nitrogens with two attached hydrogens (primary N) is 1. The number of carbonyl (C=O) groups is 2. The van der Waals surface area contributed by atoms with Crippen LogP contribution < -0.4 is 21.1 Å². The zero-order valence-electron chi connectivity index (χ0n) is 15.2. The van der Waals surface area contributed by atoms with E-state index in [9.17, 15) is 9.59 Å². The third kappa shape index (κ3) is 8.71. The number of rotatable bonds is 10. The Morgan fingerprint density at radius 1 is 1.27 bits per heavy atom. The van der Waals surface area contributed by atoms with E-state index in [1.54, 1.807) is 18.2 Å². The van der Waals surface area contributed by atoms with E-state index in [0.717, 1.165) is 0 Å². The number of hydrogen-bond donors (Lipinski definition) is 3. The van der Waals surface area contributed by atoms with Crippen molar-refractivity contribution in [2.75, 3.05) is 31.7 Å². The van der Waals surface area contributed by atoms with Crippen molar-refractivity contribution in [3.63, 3.8) is 0 Å². The molecular formula is C17H27Cl2N3O4. The third-order valence-electron chi connectivity index (χ3n) is 3.35. The second kappa shape index (κ2) is 12.8. The Hall–Kier alpha value is -1.54. The quantitative estimate of drug-likeness (QED) is 0.515. The summed E-state index contributed by atoms with van der Waals surface area (Å²) in [6.45, 7) is 6.77. The largest absolute Gasteiger partial charge is 0.489 e. The van der Waals surface area contributed by atoms with E-state index >= 15 is 0 Å². The third-order valence-corrected chi connectivity index (χ3v) is 3.58. The molecule has 0 saturated heterocycles. The standard InChI is InChI=1S/C17H26ClN3O4.ClH/c1-4-24-7-8-25-14-6-5-12(18)9-13(14)21-15(22)10-20-17(23)16(19)11(2)3;/h5-6,9,11,16H,4,7-8,10,19H2,1-3H3,(H,20,23)(H,21,22);1H/t16-;/m0./s1. The van der Waals surface area contributed by atoms with E-state index in [1.807, 2.05) is 20.8 Å². The van der Waals surface area contributed by atoms with Gasteiger partial charge in [0.05, 0.1) is 24.9 Å². The molecule has 1 atom stereocenters. The molecule has 0 heterocycles. The van der Waals surface area contributed by atoms with Gasteiger partial charge < -0.3 is 25.8 Å². The summed E-state index contributed by atoms with van der Waals surface area (Å²) in [5, 5.41) is 5.64. The van der Waals surface area contributed by atoms with Crippen molar-refractivity contribution in [3.05, 3.63) is 23.2 Å². The number of anilines is 1. The Labute approximate surface area is 165 Å². The van der Waals surface area contributed by atoms with Crippen molar-refractivity contribution in [3.8, 4) is 5.75 Å². The van der Waals surface area contributed by atoms with Crippen LogP contribution in [0.3, 0.4) is 0 Å². The van der Waals surface area contributed by atoms with Crippen LogP contribution in [0.1, 0.15) is 20.8 Å². The van der Waals surface area contributed by atoms with E-state index in [0.29, 0.717) is 36.3 Å². The van der Waals surface area contributed by atoms with E-state index < -0.39 is 11.9 Å². The fraction of sp³-hybridized carbons (Fsp3) is 0.529. The predicted molar refractivity (Wildman–Crippen MR) is 105 cm³/mol. The topological polar surface area (TPSA) is 103 Å². The van der Waals surface area contributed by atoms with Gasteiger partial charge >= 0.3 is 0 Å². The smallest absolute Gasteiger partial charge is 0.243 e. The lowest BCUT2D eigenvalue weighted by atomic mass is 10.1. The maximum atomic E-state index is 12.1. The van der Waals surface area contributed by atoms with E-state index in [4.69, 9.17) is 26.8 Å². The molecule has 0 aliphatic rings. The highest BCUT2D eigenvalue weighted by Gasteiger charge is 2.18. The molecule has 1 rings (SSSR count). The highest BCUT2D eigenvalue weighted by molar-refractivity contribution is 6.31. The summed E-state index contributed by atoms with van der Waals surface area (Å²) in [5.74, 6) is -0.311. The van der Waals surface area contributed by atoms with Gasteiger partial charge in [0.1, 0.15) is 12.4 Å². The zero-order valence-corrected chi connectivity index (χ0v) is 16.8. The van der Waals surface area contributed by atoms with Crippen molar-refractivity contribution in [2.24, 2.45) is 11.7 Å². The van der Waals surface area contributed by atoms with E-state index in [-0.39, 0.29) is 30.8 Å². The molecule has 1 aromatic rings. The van der Waals surface area contributed by atoms with Crippen LogP contribution in [0.15, 0.2) is 18.2 Å². The Bertz CT molecular complexity index is 585. The van der Waals surface area contributed by atoms with Crippen LogP contribution in [-0.4, -0.2) is 44.2 Å². The first-order chi connectivity index (χ1) is 11.8. The molecular weight excluding hydrogens is 381 g/mol. The molecule has 0 aliphatic carbocycles. The van der Waals surface area contributed by atoms with Gasteiger partial charge in [0.2, 0.25) is 11.8 Å². The molecule has 1 aromatic carbocycles. The molecule has 148 valence electrons. The van der Waals surface area contributed by atoms with Crippen molar-refractivity contribution in [1.29, 1.82) is 0 Å². The molecule has 0 radical (unpaired) electrons. The van der Waals surface area contributed by atoms with Gasteiger partial charge in [-0.1, -0.05) is 25.4 Å². The van der Waals surface area contributed by atoms with Crippen molar-refractivity contribution in [1.82, 2.24) is 5.32 Å². The molecule has 2 amide bonds. The van der Waals surface area contributed by atoms with Crippen LogP contribution in [0, 0.1) is 5.92 Å². The van der Waals surface area contributed by atoms with Crippen LogP contribution in [0.25, 0.3) is 0 Å². The van der Waals surface area contributed by atoms with Gasteiger partial charge in [-0.05, 0) is 31.0 Å². The molecule has 0 saturated carbocycles. The van der Waals surface area contributed by atoms with Crippen molar-refractivity contribution >= 4 is 41.5 Å². The van der Waals surface area contributed by atoms with Gasteiger partial charge in [-0.3, -0.25) is 9.59 Å². The average Bonchev–Trinajstić information content (AvgIpc) is 2.57. The minimum atomic E-state index is -0.656. The predicted octanol–water partition coefficient (Wildman–Crippen LogP) is 2.22. The fourth-order valence-electron chi connectivity index (χ4n) is 1.86. The van der Waals surface area contributed by atoms with Crippen LogP contribution in [0.5, 0.6) is 5.75 Å².